The van der Waals surface area contributed by atoms with E-state index in [-0.39, 0.29) is 11.5 Å². The van der Waals surface area contributed by atoms with Crippen molar-refractivity contribution in [3.8, 4) is 5.75 Å². The number of nitrogen functional groups attached to an aromatic ring is 1. The van der Waals surface area contributed by atoms with E-state index in [0.717, 1.165) is 31.7 Å². The largest absolute Gasteiger partial charge is 0.493 e. The Bertz CT molecular complexity index is 710. The van der Waals surface area contributed by atoms with E-state index in [1.54, 1.807) is 0 Å². The fraction of sp³-hybridized carbons (Fsp3) is 0.375. The van der Waals surface area contributed by atoms with Crippen molar-refractivity contribution in [3.05, 3.63) is 46.6 Å². The molecule has 8 heteroatoms. The molecular weight excluding hydrogens is 310 g/mol. The number of anilines is 2. The number of piperidine rings is 1. The molecule has 0 bridgehead atoms. The van der Waals surface area contributed by atoms with Crippen LogP contribution in [0.25, 0.3) is 0 Å². The molecule has 0 aliphatic carbocycles. The van der Waals surface area contributed by atoms with Gasteiger partial charge in [-0.1, -0.05) is 18.2 Å². The first-order valence-electron chi connectivity index (χ1n) is 7.83. The predicted molar refractivity (Wildman–Crippen MR) is 90.0 cm³/mol. The molecule has 1 aromatic carbocycles. The van der Waals surface area contributed by atoms with Crippen LogP contribution in [0.5, 0.6) is 5.75 Å². The number of rotatable bonds is 5. The number of hydrogen-bond acceptors (Lipinski definition) is 7. The average molecular weight is 329 g/mol. The lowest BCUT2D eigenvalue weighted by molar-refractivity contribution is -0.384. The highest BCUT2D eigenvalue weighted by atomic mass is 16.6. The van der Waals surface area contributed by atoms with Crippen LogP contribution in [0.3, 0.4) is 0 Å². The van der Waals surface area contributed by atoms with Gasteiger partial charge >= 0.3 is 5.69 Å². The molecule has 1 aliphatic heterocycles. The lowest BCUT2D eigenvalue weighted by atomic mass is 9.99. The number of benzene rings is 1. The van der Waals surface area contributed by atoms with Crippen molar-refractivity contribution < 1.29 is 9.66 Å². The summed E-state index contributed by atoms with van der Waals surface area (Å²) >= 11 is 0. The number of nitro groups is 1. The van der Waals surface area contributed by atoms with Gasteiger partial charge in [0.05, 0.1) is 11.5 Å². The van der Waals surface area contributed by atoms with Gasteiger partial charge in [0.2, 0.25) is 11.8 Å². The third-order valence-corrected chi connectivity index (χ3v) is 4.01. The van der Waals surface area contributed by atoms with Crippen LogP contribution in [0.1, 0.15) is 12.8 Å². The summed E-state index contributed by atoms with van der Waals surface area (Å²) in [5.41, 5.74) is 5.39. The number of nitrogens with zero attached hydrogens (tertiary/aromatic N) is 4. The molecule has 24 heavy (non-hydrogen) atoms. The fourth-order valence-corrected chi connectivity index (χ4v) is 2.79. The van der Waals surface area contributed by atoms with E-state index in [1.807, 2.05) is 35.2 Å². The van der Waals surface area contributed by atoms with Crippen molar-refractivity contribution in [2.45, 2.75) is 12.8 Å². The third kappa shape index (κ3) is 3.70. The molecule has 1 saturated heterocycles. The maximum Gasteiger partial charge on any atom is 0.329 e. The quantitative estimate of drug-likeness (QED) is 0.662. The van der Waals surface area contributed by atoms with E-state index in [9.17, 15) is 10.1 Å². The lowest BCUT2D eigenvalue weighted by Gasteiger charge is -2.32. The Labute approximate surface area is 139 Å². The summed E-state index contributed by atoms with van der Waals surface area (Å²) < 4.78 is 5.82. The van der Waals surface area contributed by atoms with Crippen molar-refractivity contribution >= 4 is 17.5 Å². The Morgan fingerprint density at radius 2 is 2.17 bits per heavy atom. The van der Waals surface area contributed by atoms with Gasteiger partial charge in [0.25, 0.3) is 0 Å². The van der Waals surface area contributed by atoms with Gasteiger partial charge < -0.3 is 15.4 Å². The molecule has 2 heterocycles. The van der Waals surface area contributed by atoms with Gasteiger partial charge in [-0.25, -0.2) is 4.98 Å². The SMILES string of the molecule is Nc1nc(N2CCCC(COc3ccccc3)C2)ncc1[N+](=O)[O-]. The van der Waals surface area contributed by atoms with Crippen LogP contribution >= 0.6 is 0 Å². The first-order chi connectivity index (χ1) is 11.6. The molecule has 1 atom stereocenters. The Morgan fingerprint density at radius 1 is 1.38 bits per heavy atom. The summed E-state index contributed by atoms with van der Waals surface area (Å²) in [4.78, 5) is 20.4. The molecule has 1 fully saturated rings. The number of nitrogens with two attached hydrogens (primary N) is 1. The topological polar surface area (TPSA) is 107 Å². The molecule has 1 aromatic heterocycles. The monoisotopic (exact) mass is 329 g/mol. The Kier molecular flexibility index (Phi) is 4.74. The van der Waals surface area contributed by atoms with Crippen molar-refractivity contribution in [3.63, 3.8) is 0 Å². The number of para-hydroxylation sites is 1. The highest BCUT2D eigenvalue weighted by Crippen LogP contribution is 2.25. The second-order valence-corrected chi connectivity index (χ2v) is 5.78. The van der Waals surface area contributed by atoms with Gasteiger partial charge in [-0.05, 0) is 25.0 Å². The maximum atomic E-state index is 10.8. The Balaban J connectivity index is 1.63. The van der Waals surface area contributed by atoms with Gasteiger partial charge in [-0.15, -0.1) is 0 Å². The summed E-state index contributed by atoms with van der Waals surface area (Å²) in [6.07, 6.45) is 3.22. The molecular formula is C16H19N5O3. The minimum atomic E-state index is -0.578. The van der Waals surface area contributed by atoms with E-state index in [4.69, 9.17) is 10.5 Å². The summed E-state index contributed by atoms with van der Waals surface area (Å²) in [5, 5.41) is 10.8. The fourth-order valence-electron chi connectivity index (χ4n) is 2.79. The molecule has 1 aliphatic rings. The zero-order valence-corrected chi connectivity index (χ0v) is 13.2. The molecule has 1 unspecified atom stereocenters. The minimum Gasteiger partial charge on any atom is -0.493 e. The zero-order valence-electron chi connectivity index (χ0n) is 13.2. The Morgan fingerprint density at radius 3 is 2.88 bits per heavy atom. The van der Waals surface area contributed by atoms with Crippen molar-refractivity contribution in [1.82, 2.24) is 9.97 Å². The van der Waals surface area contributed by atoms with Crippen molar-refractivity contribution in [2.75, 3.05) is 30.3 Å². The van der Waals surface area contributed by atoms with Crippen LogP contribution in [-0.2, 0) is 0 Å². The summed E-state index contributed by atoms with van der Waals surface area (Å²) in [5.74, 6) is 1.53. The Hall–Kier alpha value is -2.90. The van der Waals surface area contributed by atoms with E-state index >= 15 is 0 Å². The summed E-state index contributed by atoms with van der Waals surface area (Å²) in [6.45, 7) is 2.16. The van der Waals surface area contributed by atoms with Gasteiger partial charge in [-0.2, -0.15) is 4.98 Å². The van der Waals surface area contributed by atoms with E-state index in [0.29, 0.717) is 18.5 Å². The predicted octanol–water partition coefficient (Wildman–Crippen LogP) is 2.26. The van der Waals surface area contributed by atoms with Gasteiger partial charge in [0.1, 0.15) is 11.9 Å². The zero-order chi connectivity index (χ0) is 16.9. The van der Waals surface area contributed by atoms with Crippen LogP contribution < -0.4 is 15.4 Å². The van der Waals surface area contributed by atoms with Crippen LogP contribution in [-0.4, -0.2) is 34.6 Å². The van der Waals surface area contributed by atoms with Gasteiger partial charge in [0, 0.05) is 19.0 Å². The maximum absolute atomic E-state index is 10.8. The molecule has 0 amide bonds. The van der Waals surface area contributed by atoms with Crippen molar-refractivity contribution in [2.24, 2.45) is 5.92 Å². The van der Waals surface area contributed by atoms with Crippen LogP contribution in [0.15, 0.2) is 36.5 Å². The van der Waals surface area contributed by atoms with E-state index in [1.165, 1.54) is 6.20 Å². The highest BCUT2D eigenvalue weighted by molar-refractivity contribution is 5.53. The van der Waals surface area contributed by atoms with Crippen LogP contribution in [0, 0.1) is 16.0 Å². The first kappa shape index (κ1) is 16.0. The first-order valence-corrected chi connectivity index (χ1v) is 7.83. The van der Waals surface area contributed by atoms with Gasteiger partial charge in [-0.3, -0.25) is 10.1 Å². The molecule has 0 saturated carbocycles. The molecule has 2 aromatic rings. The standard InChI is InChI=1S/C16H19N5O3/c17-15-14(21(22)23)9-18-16(19-15)20-8-4-5-12(10-20)11-24-13-6-2-1-3-7-13/h1-3,6-7,9,12H,4-5,8,10-11H2,(H2,17,18,19). The average Bonchev–Trinajstić information content (AvgIpc) is 2.61. The minimum absolute atomic E-state index is 0.104. The third-order valence-electron chi connectivity index (χ3n) is 4.01. The molecule has 126 valence electrons. The number of ether oxygens (including phenoxy) is 1. The normalized spacial score (nSPS) is 17.5. The number of aromatic nitrogens is 2. The summed E-state index contributed by atoms with van der Waals surface area (Å²) in [7, 11) is 0. The molecule has 0 radical (unpaired) electrons. The van der Waals surface area contributed by atoms with Gasteiger partial charge in [0.15, 0.2) is 0 Å². The highest BCUT2D eigenvalue weighted by Gasteiger charge is 2.24. The lowest BCUT2D eigenvalue weighted by Crippen LogP contribution is -2.38. The van der Waals surface area contributed by atoms with Crippen LogP contribution in [0.4, 0.5) is 17.5 Å². The van der Waals surface area contributed by atoms with Crippen molar-refractivity contribution in [1.29, 1.82) is 0 Å². The molecule has 2 N–H and O–H groups in total. The molecule has 3 rings (SSSR count). The second kappa shape index (κ2) is 7.12. The van der Waals surface area contributed by atoms with E-state index in [2.05, 4.69) is 9.97 Å². The number of hydrogen-bond donors (Lipinski definition) is 1. The van der Waals surface area contributed by atoms with E-state index < -0.39 is 4.92 Å². The second-order valence-electron chi connectivity index (χ2n) is 5.78. The smallest absolute Gasteiger partial charge is 0.329 e. The molecule has 0 spiro atoms. The molecule has 8 nitrogen and oxygen atoms in total. The summed E-state index contributed by atoms with van der Waals surface area (Å²) in [6, 6.07) is 9.69. The van der Waals surface area contributed by atoms with Crippen LogP contribution in [0.2, 0.25) is 0 Å².